The van der Waals surface area contributed by atoms with E-state index in [0.29, 0.717) is 30.8 Å². The SMILES string of the molecule is COC(=O)COc1ccc(NC(=O)C2Cc3ccccc3CN2C(=O)CC(C)C)c(C)c1. The van der Waals surface area contributed by atoms with Gasteiger partial charge in [0.2, 0.25) is 11.8 Å². The number of aryl methyl sites for hydroxylation is 1. The van der Waals surface area contributed by atoms with Crippen LogP contribution >= 0.6 is 0 Å². The maximum absolute atomic E-state index is 13.3. The molecule has 0 aromatic heterocycles. The van der Waals surface area contributed by atoms with Crippen molar-refractivity contribution in [3.63, 3.8) is 0 Å². The Balaban J connectivity index is 1.77. The molecule has 2 aromatic carbocycles. The number of methoxy groups -OCH3 is 1. The lowest BCUT2D eigenvalue weighted by atomic mass is 9.92. The lowest BCUT2D eigenvalue weighted by Crippen LogP contribution is -2.50. The van der Waals surface area contributed by atoms with E-state index >= 15 is 0 Å². The number of hydrogen-bond acceptors (Lipinski definition) is 5. The molecular formula is C25H30N2O5. The Hall–Kier alpha value is -3.35. The van der Waals surface area contributed by atoms with Crippen molar-refractivity contribution in [2.24, 2.45) is 5.92 Å². The Morgan fingerprint density at radius 1 is 1.12 bits per heavy atom. The van der Waals surface area contributed by atoms with Crippen LogP contribution < -0.4 is 10.1 Å². The topological polar surface area (TPSA) is 84.9 Å². The third-order valence-corrected chi connectivity index (χ3v) is 5.49. The molecule has 0 saturated carbocycles. The first-order chi connectivity index (χ1) is 15.3. The standard InChI is InChI=1S/C25H30N2O5/c1-16(2)11-23(28)27-14-19-8-6-5-7-18(19)13-22(27)25(30)26-21-10-9-20(12-17(21)3)32-15-24(29)31-4/h5-10,12,16,22H,11,13-15H2,1-4H3,(H,26,30). The van der Waals surface area contributed by atoms with Gasteiger partial charge in [0.05, 0.1) is 7.11 Å². The van der Waals surface area contributed by atoms with Gasteiger partial charge in [-0.05, 0) is 47.7 Å². The van der Waals surface area contributed by atoms with E-state index < -0.39 is 12.0 Å². The maximum Gasteiger partial charge on any atom is 0.343 e. The Bertz CT molecular complexity index is 1000. The number of hydrogen-bond donors (Lipinski definition) is 1. The number of ether oxygens (including phenoxy) is 2. The van der Waals surface area contributed by atoms with Crippen molar-refractivity contribution in [3.05, 3.63) is 59.2 Å². The second kappa shape index (κ2) is 10.3. The van der Waals surface area contributed by atoms with Crippen molar-refractivity contribution in [1.82, 2.24) is 4.90 Å². The molecule has 3 rings (SSSR count). The average Bonchev–Trinajstić information content (AvgIpc) is 2.77. The van der Waals surface area contributed by atoms with E-state index in [9.17, 15) is 14.4 Å². The predicted octanol–water partition coefficient (Wildman–Crippen LogP) is 3.48. The van der Waals surface area contributed by atoms with Gasteiger partial charge in [0.15, 0.2) is 6.61 Å². The number of nitrogens with one attached hydrogen (secondary N) is 1. The van der Waals surface area contributed by atoms with Crippen molar-refractivity contribution in [3.8, 4) is 5.75 Å². The van der Waals surface area contributed by atoms with Gasteiger partial charge in [-0.15, -0.1) is 0 Å². The van der Waals surface area contributed by atoms with Crippen molar-refractivity contribution < 1.29 is 23.9 Å². The summed E-state index contributed by atoms with van der Waals surface area (Å²) in [6.07, 6.45) is 0.877. The van der Waals surface area contributed by atoms with E-state index in [1.54, 1.807) is 23.1 Å². The second-order valence-electron chi connectivity index (χ2n) is 8.44. The summed E-state index contributed by atoms with van der Waals surface area (Å²) < 4.78 is 9.97. The van der Waals surface area contributed by atoms with E-state index in [1.165, 1.54) is 7.11 Å². The van der Waals surface area contributed by atoms with Crippen LogP contribution in [0.3, 0.4) is 0 Å². The van der Waals surface area contributed by atoms with E-state index in [4.69, 9.17) is 4.74 Å². The van der Waals surface area contributed by atoms with Crippen LogP contribution in [0.1, 0.15) is 37.0 Å². The molecule has 0 radical (unpaired) electrons. The zero-order chi connectivity index (χ0) is 23.3. The maximum atomic E-state index is 13.3. The Labute approximate surface area is 188 Å². The largest absolute Gasteiger partial charge is 0.482 e. The van der Waals surface area contributed by atoms with E-state index in [-0.39, 0.29) is 24.3 Å². The molecule has 2 amide bonds. The number of amides is 2. The van der Waals surface area contributed by atoms with Gasteiger partial charge in [-0.2, -0.15) is 0 Å². The highest BCUT2D eigenvalue weighted by Crippen LogP contribution is 2.27. The molecule has 1 unspecified atom stereocenters. The molecule has 170 valence electrons. The normalized spacial score (nSPS) is 15.2. The van der Waals surface area contributed by atoms with Gasteiger partial charge in [-0.25, -0.2) is 4.79 Å². The molecule has 7 nitrogen and oxygen atoms in total. The fourth-order valence-electron chi connectivity index (χ4n) is 3.77. The first-order valence-corrected chi connectivity index (χ1v) is 10.8. The number of rotatable bonds is 7. The number of carbonyl (C=O) groups excluding carboxylic acids is 3. The Morgan fingerprint density at radius 3 is 2.50 bits per heavy atom. The minimum Gasteiger partial charge on any atom is -0.482 e. The molecular weight excluding hydrogens is 408 g/mol. The lowest BCUT2D eigenvalue weighted by Gasteiger charge is -2.36. The third-order valence-electron chi connectivity index (χ3n) is 5.49. The second-order valence-corrected chi connectivity index (χ2v) is 8.44. The van der Waals surface area contributed by atoms with Crippen molar-refractivity contribution in [2.75, 3.05) is 19.0 Å². The fourth-order valence-corrected chi connectivity index (χ4v) is 3.77. The molecule has 0 aliphatic carbocycles. The molecule has 0 saturated heterocycles. The van der Waals surface area contributed by atoms with Crippen LogP contribution in [-0.4, -0.2) is 42.4 Å². The Morgan fingerprint density at radius 2 is 1.84 bits per heavy atom. The number of fused-ring (bicyclic) bond motifs is 1. The van der Waals surface area contributed by atoms with Gasteiger partial charge in [0.1, 0.15) is 11.8 Å². The number of benzene rings is 2. The smallest absolute Gasteiger partial charge is 0.343 e. The molecule has 1 aliphatic rings. The van der Waals surface area contributed by atoms with Crippen LogP contribution in [0.5, 0.6) is 5.75 Å². The van der Waals surface area contributed by atoms with E-state index in [1.807, 2.05) is 45.0 Å². The van der Waals surface area contributed by atoms with E-state index in [2.05, 4.69) is 10.1 Å². The summed E-state index contributed by atoms with van der Waals surface area (Å²) in [6, 6.07) is 12.5. The number of nitrogens with zero attached hydrogens (tertiary/aromatic N) is 1. The van der Waals surface area contributed by atoms with Crippen molar-refractivity contribution in [2.45, 2.75) is 46.2 Å². The summed E-state index contributed by atoms with van der Waals surface area (Å²) in [4.78, 5) is 39.2. The predicted molar refractivity (Wildman–Crippen MR) is 121 cm³/mol. The van der Waals surface area contributed by atoms with Crippen LogP contribution in [0.4, 0.5) is 5.69 Å². The van der Waals surface area contributed by atoms with Gasteiger partial charge in [-0.3, -0.25) is 9.59 Å². The number of carbonyl (C=O) groups is 3. The quantitative estimate of drug-likeness (QED) is 0.669. The summed E-state index contributed by atoms with van der Waals surface area (Å²) in [5, 5.41) is 2.97. The molecule has 1 heterocycles. The van der Waals surface area contributed by atoms with Crippen LogP contribution in [0.15, 0.2) is 42.5 Å². The summed E-state index contributed by atoms with van der Waals surface area (Å²) in [7, 11) is 1.30. The highest BCUT2D eigenvalue weighted by Gasteiger charge is 2.34. The van der Waals surface area contributed by atoms with E-state index in [0.717, 1.165) is 16.7 Å². The molecule has 0 fully saturated rings. The minimum atomic E-state index is -0.578. The van der Waals surface area contributed by atoms with Crippen LogP contribution in [0.25, 0.3) is 0 Å². The zero-order valence-electron chi connectivity index (χ0n) is 19.0. The van der Waals surface area contributed by atoms with Gasteiger partial charge in [0.25, 0.3) is 0 Å². The monoisotopic (exact) mass is 438 g/mol. The first kappa shape index (κ1) is 23.3. The zero-order valence-corrected chi connectivity index (χ0v) is 19.0. The van der Waals surface area contributed by atoms with Gasteiger partial charge < -0.3 is 19.7 Å². The molecule has 1 aliphatic heterocycles. The summed E-state index contributed by atoms with van der Waals surface area (Å²) in [6.45, 7) is 6.09. The molecule has 7 heteroatoms. The summed E-state index contributed by atoms with van der Waals surface area (Å²) in [5.74, 6) is 0.0130. The molecule has 1 N–H and O–H groups in total. The summed E-state index contributed by atoms with van der Waals surface area (Å²) in [5.41, 5.74) is 3.59. The Kier molecular flexibility index (Phi) is 7.51. The third kappa shape index (κ3) is 5.66. The van der Waals surface area contributed by atoms with Gasteiger partial charge in [0, 0.05) is 25.1 Å². The number of anilines is 1. The molecule has 0 bridgehead atoms. The molecule has 2 aromatic rings. The lowest BCUT2D eigenvalue weighted by molar-refractivity contribution is -0.143. The molecule has 0 spiro atoms. The highest BCUT2D eigenvalue weighted by atomic mass is 16.6. The van der Waals surface area contributed by atoms with Crippen LogP contribution in [-0.2, 0) is 32.1 Å². The fraction of sp³-hybridized carbons (Fsp3) is 0.400. The van der Waals surface area contributed by atoms with Gasteiger partial charge >= 0.3 is 5.97 Å². The van der Waals surface area contributed by atoms with Crippen molar-refractivity contribution >= 4 is 23.5 Å². The van der Waals surface area contributed by atoms with Crippen LogP contribution in [0, 0.1) is 12.8 Å². The average molecular weight is 439 g/mol. The van der Waals surface area contributed by atoms with Crippen LogP contribution in [0.2, 0.25) is 0 Å². The molecule has 32 heavy (non-hydrogen) atoms. The summed E-state index contributed by atoms with van der Waals surface area (Å²) >= 11 is 0. The minimum absolute atomic E-state index is 0.0158. The molecule has 1 atom stereocenters. The number of esters is 1. The highest BCUT2D eigenvalue weighted by molar-refractivity contribution is 5.98. The first-order valence-electron chi connectivity index (χ1n) is 10.8. The van der Waals surface area contributed by atoms with Gasteiger partial charge in [-0.1, -0.05) is 38.1 Å². The van der Waals surface area contributed by atoms with Crippen molar-refractivity contribution in [1.29, 1.82) is 0 Å².